The molecule has 0 spiro atoms. The Hall–Kier alpha value is -2.56. The van der Waals surface area contributed by atoms with Crippen molar-refractivity contribution in [3.8, 4) is 5.75 Å². The number of ketones is 1. The van der Waals surface area contributed by atoms with E-state index in [1.807, 2.05) is 0 Å². The number of nitrogens with one attached hydrogen (secondary N) is 2. The second kappa shape index (κ2) is 5.21. The van der Waals surface area contributed by atoms with E-state index in [4.69, 9.17) is 0 Å². The van der Waals surface area contributed by atoms with E-state index in [9.17, 15) is 14.7 Å². The number of Topliss-reactive ketones (excluding diaryl/α,β-unsaturated/α-hetero) is 1. The van der Waals surface area contributed by atoms with Crippen LogP contribution in [0.1, 0.15) is 31.0 Å². The summed E-state index contributed by atoms with van der Waals surface area (Å²) in [5.74, 6) is -0.148. The van der Waals surface area contributed by atoms with Gasteiger partial charge in [-0.3, -0.25) is 4.79 Å². The van der Waals surface area contributed by atoms with Gasteiger partial charge in [-0.1, -0.05) is 30.9 Å². The highest BCUT2D eigenvalue weighted by molar-refractivity contribution is 5.98. The van der Waals surface area contributed by atoms with Crippen LogP contribution < -0.4 is 10.6 Å². The molecule has 0 bridgehead atoms. The zero-order valence-corrected chi connectivity index (χ0v) is 11.4. The quantitative estimate of drug-likeness (QED) is 0.789. The average Bonchev–Trinajstić information content (AvgIpc) is 2.37. The summed E-state index contributed by atoms with van der Waals surface area (Å²) in [6.07, 6.45) is 1.52. The Bertz CT molecular complexity index is 632. The average molecular weight is 272 g/mol. The van der Waals surface area contributed by atoms with E-state index < -0.39 is 12.1 Å². The predicted molar refractivity (Wildman–Crippen MR) is 76.0 cm³/mol. The van der Waals surface area contributed by atoms with Crippen LogP contribution in [0.3, 0.4) is 0 Å². The molecule has 0 saturated heterocycles. The van der Waals surface area contributed by atoms with Gasteiger partial charge in [-0.2, -0.15) is 0 Å². The lowest BCUT2D eigenvalue weighted by Gasteiger charge is -2.28. The number of urea groups is 1. The molecule has 104 valence electrons. The number of carbonyl (C=O) groups is 2. The number of aromatic hydroxyl groups is 1. The molecule has 1 aromatic carbocycles. The van der Waals surface area contributed by atoms with Crippen molar-refractivity contribution < 1.29 is 14.7 Å². The first-order valence-electron chi connectivity index (χ1n) is 6.19. The van der Waals surface area contributed by atoms with Gasteiger partial charge in [-0.05, 0) is 13.8 Å². The summed E-state index contributed by atoms with van der Waals surface area (Å²) in [7, 11) is 0. The molecule has 20 heavy (non-hydrogen) atoms. The molecule has 3 N–H and O–H groups in total. The van der Waals surface area contributed by atoms with Gasteiger partial charge in [0.2, 0.25) is 0 Å². The van der Waals surface area contributed by atoms with Crippen LogP contribution in [0, 0.1) is 0 Å². The van der Waals surface area contributed by atoms with Crippen LogP contribution in [0.25, 0.3) is 6.08 Å². The van der Waals surface area contributed by atoms with E-state index in [0.29, 0.717) is 22.4 Å². The number of allylic oxidation sites excluding steroid dienone is 1. The highest BCUT2D eigenvalue weighted by Gasteiger charge is 2.31. The zero-order chi connectivity index (χ0) is 14.9. The van der Waals surface area contributed by atoms with Crippen LogP contribution in [0.2, 0.25) is 0 Å². The van der Waals surface area contributed by atoms with Crippen LogP contribution >= 0.6 is 0 Å². The Kier molecular flexibility index (Phi) is 3.61. The number of hydrogen-bond acceptors (Lipinski definition) is 3. The molecule has 0 aliphatic carbocycles. The van der Waals surface area contributed by atoms with Gasteiger partial charge in [-0.25, -0.2) is 4.79 Å². The first-order chi connectivity index (χ1) is 9.45. The van der Waals surface area contributed by atoms with Crippen LogP contribution in [-0.2, 0) is 4.79 Å². The third-order valence-corrected chi connectivity index (χ3v) is 3.28. The van der Waals surface area contributed by atoms with E-state index in [-0.39, 0.29) is 11.5 Å². The van der Waals surface area contributed by atoms with Gasteiger partial charge in [0.15, 0.2) is 5.78 Å². The first-order valence-corrected chi connectivity index (χ1v) is 6.19. The minimum atomic E-state index is -0.666. The maximum Gasteiger partial charge on any atom is 0.319 e. The number of hydrogen-bond donors (Lipinski definition) is 3. The molecule has 5 heteroatoms. The molecule has 1 unspecified atom stereocenters. The Morgan fingerprint density at radius 1 is 1.45 bits per heavy atom. The molecular formula is C15H16N2O3. The lowest BCUT2D eigenvalue weighted by atomic mass is 9.91. The van der Waals surface area contributed by atoms with Crippen molar-refractivity contribution in [2.24, 2.45) is 0 Å². The lowest BCUT2D eigenvalue weighted by Crippen LogP contribution is -2.44. The third-order valence-electron chi connectivity index (χ3n) is 3.28. The van der Waals surface area contributed by atoms with Gasteiger partial charge in [0.05, 0.1) is 6.04 Å². The Labute approximate surface area is 117 Å². The SMILES string of the molecule is C=Cc1cccc(C2NC(=O)NC(C)=C2C(C)=O)c1O. The highest BCUT2D eigenvalue weighted by Crippen LogP contribution is 2.34. The van der Waals surface area contributed by atoms with Crippen molar-refractivity contribution in [2.45, 2.75) is 19.9 Å². The number of amides is 2. The summed E-state index contributed by atoms with van der Waals surface area (Å²) >= 11 is 0. The smallest absolute Gasteiger partial charge is 0.319 e. The van der Waals surface area contributed by atoms with Crippen LogP contribution in [0.5, 0.6) is 5.75 Å². The van der Waals surface area contributed by atoms with E-state index in [2.05, 4.69) is 17.2 Å². The van der Waals surface area contributed by atoms with Crippen molar-refractivity contribution >= 4 is 17.9 Å². The molecule has 1 atom stereocenters. The Morgan fingerprint density at radius 3 is 2.75 bits per heavy atom. The predicted octanol–water partition coefficient (Wildman–Crippen LogP) is 2.25. The lowest BCUT2D eigenvalue weighted by molar-refractivity contribution is -0.114. The summed E-state index contributed by atoms with van der Waals surface area (Å²) in [6, 6.07) is 4.06. The Balaban J connectivity index is 2.60. The van der Waals surface area contributed by atoms with Crippen molar-refractivity contribution in [1.29, 1.82) is 0 Å². The fraction of sp³-hybridized carbons (Fsp3) is 0.200. The van der Waals surface area contributed by atoms with Gasteiger partial charge < -0.3 is 15.7 Å². The monoisotopic (exact) mass is 272 g/mol. The normalized spacial score (nSPS) is 18.3. The minimum absolute atomic E-state index is 0.0150. The maximum absolute atomic E-state index is 11.8. The van der Waals surface area contributed by atoms with Gasteiger partial charge in [0.25, 0.3) is 0 Å². The molecule has 0 saturated carbocycles. The summed E-state index contributed by atoms with van der Waals surface area (Å²) < 4.78 is 0. The molecule has 2 rings (SSSR count). The van der Waals surface area contributed by atoms with Gasteiger partial charge in [-0.15, -0.1) is 0 Å². The summed E-state index contributed by atoms with van der Waals surface area (Å²) in [5, 5.41) is 15.5. The topological polar surface area (TPSA) is 78.4 Å². The van der Waals surface area contributed by atoms with Crippen LogP contribution in [0.15, 0.2) is 36.0 Å². The molecule has 5 nitrogen and oxygen atoms in total. The minimum Gasteiger partial charge on any atom is -0.507 e. The molecule has 1 aliphatic heterocycles. The second-order valence-electron chi connectivity index (χ2n) is 4.62. The molecule has 1 heterocycles. The second-order valence-corrected chi connectivity index (χ2v) is 4.62. The number of phenolic OH excluding ortho intramolecular Hbond substituents is 1. The molecular weight excluding hydrogens is 256 g/mol. The largest absolute Gasteiger partial charge is 0.507 e. The fourth-order valence-corrected chi connectivity index (χ4v) is 2.37. The molecule has 2 amide bonds. The van der Waals surface area contributed by atoms with E-state index in [1.54, 1.807) is 25.1 Å². The molecule has 0 aromatic heterocycles. The number of carbonyl (C=O) groups excluding carboxylic acids is 2. The number of benzene rings is 1. The van der Waals surface area contributed by atoms with E-state index in [0.717, 1.165) is 0 Å². The standard InChI is InChI=1S/C15H16N2O3/c1-4-10-6-5-7-11(14(10)19)13-12(9(3)18)8(2)16-15(20)17-13/h4-7,13,19H,1H2,2-3H3,(H2,16,17,20). The fourth-order valence-electron chi connectivity index (χ4n) is 2.37. The van der Waals surface area contributed by atoms with Crippen molar-refractivity contribution in [1.82, 2.24) is 10.6 Å². The molecule has 1 aromatic rings. The zero-order valence-electron chi connectivity index (χ0n) is 11.4. The summed E-state index contributed by atoms with van der Waals surface area (Å²) in [6.45, 7) is 6.72. The van der Waals surface area contributed by atoms with Crippen LogP contribution in [-0.4, -0.2) is 16.9 Å². The Morgan fingerprint density at radius 2 is 2.15 bits per heavy atom. The molecule has 0 radical (unpaired) electrons. The van der Waals surface area contributed by atoms with Gasteiger partial charge in [0, 0.05) is 22.4 Å². The van der Waals surface area contributed by atoms with Crippen molar-refractivity contribution in [3.05, 3.63) is 47.2 Å². The molecule has 0 fully saturated rings. The number of para-hydroxylation sites is 1. The summed E-state index contributed by atoms with van der Waals surface area (Å²) in [5.41, 5.74) is 1.95. The third kappa shape index (κ3) is 2.30. The molecule has 1 aliphatic rings. The van der Waals surface area contributed by atoms with Gasteiger partial charge in [0.1, 0.15) is 5.75 Å². The van der Waals surface area contributed by atoms with E-state index >= 15 is 0 Å². The van der Waals surface area contributed by atoms with Crippen molar-refractivity contribution in [3.63, 3.8) is 0 Å². The number of phenols is 1. The first kappa shape index (κ1) is 13.9. The van der Waals surface area contributed by atoms with E-state index in [1.165, 1.54) is 13.0 Å². The van der Waals surface area contributed by atoms with Crippen molar-refractivity contribution in [2.75, 3.05) is 0 Å². The highest BCUT2D eigenvalue weighted by atomic mass is 16.3. The summed E-state index contributed by atoms with van der Waals surface area (Å²) in [4.78, 5) is 23.4. The number of rotatable bonds is 3. The van der Waals surface area contributed by atoms with Crippen LogP contribution in [0.4, 0.5) is 4.79 Å². The van der Waals surface area contributed by atoms with Gasteiger partial charge >= 0.3 is 6.03 Å². The maximum atomic E-state index is 11.8.